The van der Waals surface area contributed by atoms with E-state index >= 15 is 0 Å². The van der Waals surface area contributed by atoms with E-state index < -0.39 is 0 Å². The minimum atomic E-state index is -0.128. The highest BCUT2D eigenvalue weighted by Gasteiger charge is 2.28. The van der Waals surface area contributed by atoms with E-state index in [-0.39, 0.29) is 12.0 Å². The highest BCUT2D eigenvalue weighted by atomic mass is 16.5. The SMILES string of the molecule is Cc1cccc(C(=O)N2CCCC(Oc3nccc(N)c3C)C2)c1-n1nccn1. The minimum Gasteiger partial charge on any atom is -0.472 e. The third kappa shape index (κ3) is 3.78. The average Bonchev–Trinajstić information content (AvgIpc) is 3.25. The molecule has 8 nitrogen and oxygen atoms in total. The van der Waals surface area contributed by atoms with Crippen LogP contribution in [0.25, 0.3) is 5.69 Å². The molecule has 1 aliphatic heterocycles. The third-order valence-corrected chi connectivity index (χ3v) is 5.23. The van der Waals surface area contributed by atoms with E-state index in [1.807, 2.05) is 36.9 Å². The van der Waals surface area contributed by atoms with Gasteiger partial charge >= 0.3 is 0 Å². The van der Waals surface area contributed by atoms with Crippen LogP contribution in [-0.4, -0.2) is 50.0 Å². The summed E-state index contributed by atoms with van der Waals surface area (Å²) in [5.41, 5.74) is 9.66. The van der Waals surface area contributed by atoms with Gasteiger partial charge in [0.05, 0.1) is 24.5 Å². The van der Waals surface area contributed by atoms with Crippen molar-refractivity contribution >= 4 is 11.6 Å². The lowest BCUT2D eigenvalue weighted by Gasteiger charge is -2.33. The second kappa shape index (κ2) is 7.90. The Balaban J connectivity index is 1.56. The Hall–Kier alpha value is -3.42. The quantitative estimate of drug-likeness (QED) is 0.733. The molecule has 3 aromatic rings. The first-order chi connectivity index (χ1) is 14.0. The number of carbonyl (C=O) groups is 1. The number of nitrogens with zero attached hydrogens (tertiary/aromatic N) is 5. The van der Waals surface area contributed by atoms with Crippen molar-refractivity contribution in [1.82, 2.24) is 24.9 Å². The second-order valence-corrected chi connectivity index (χ2v) is 7.25. The Labute approximate surface area is 169 Å². The number of aromatic nitrogens is 4. The molecule has 1 aliphatic rings. The van der Waals surface area contributed by atoms with Gasteiger partial charge in [0.1, 0.15) is 11.8 Å². The Morgan fingerprint density at radius 2 is 1.97 bits per heavy atom. The molecule has 1 amide bonds. The maximum absolute atomic E-state index is 13.4. The normalized spacial score (nSPS) is 16.6. The maximum Gasteiger partial charge on any atom is 0.256 e. The van der Waals surface area contributed by atoms with Gasteiger partial charge in [0.15, 0.2) is 0 Å². The van der Waals surface area contributed by atoms with Gasteiger partial charge in [0.25, 0.3) is 5.91 Å². The van der Waals surface area contributed by atoms with Crippen molar-refractivity contribution in [3.8, 4) is 11.6 Å². The topological polar surface area (TPSA) is 99.2 Å². The van der Waals surface area contributed by atoms with Crippen molar-refractivity contribution in [3.63, 3.8) is 0 Å². The number of benzene rings is 1. The molecular weight excluding hydrogens is 368 g/mol. The largest absolute Gasteiger partial charge is 0.472 e. The molecule has 29 heavy (non-hydrogen) atoms. The van der Waals surface area contributed by atoms with Crippen LogP contribution in [0, 0.1) is 13.8 Å². The van der Waals surface area contributed by atoms with Crippen LogP contribution < -0.4 is 10.5 Å². The van der Waals surface area contributed by atoms with Gasteiger partial charge in [-0.3, -0.25) is 4.79 Å². The van der Waals surface area contributed by atoms with Crippen LogP contribution in [0.4, 0.5) is 5.69 Å². The van der Waals surface area contributed by atoms with Gasteiger partial charge in [0.2, 0.25) is 5.88 Å². The summed E-state index contributed by atoms with van der Waals surface area (Å²) in [6.07, 6.45) is 6.44. The molecule has 3 heterocycles. The lowest BCUT2D eigenvalue weighted by atomic mass is 10.0. The van der Waals surface area contributed by atoms with Crippen molar-refractivity contribution in [1.29, 1.82) is 0 Å². The van der Waals surface area contributed by atoms with E-state index in [2.05, 4.69) is 15.2 Å². The number of anilines is 1. The van der Waals surface area contributed by atoms with E-state index in [1.165, 1.54) is 4.80 Å². The highest BCUT2D eigenvalue weighted by Crippen LogP contribution is 2.25. The standard InChI is InChI=1S/C21H24N6O2/c1-14-5-3-7-17(19(14)27-24-10-11-25-27)21(28)26-12-4-6-16(13-26)29-20-15(2)18(22)8-9-23-20/h3,5,7-11,16H,4,6,12-13H2,1-2H3,(H2,22,23). The number of aryl methyl sites for hydroxylation is 1. The summed E-state index contributed by atoms with van der Waals surface area (Å²) in [6, 6.07) is 7.41. The van der Waals surface area contributed by atoms with Gasteiger partial charge in [-0.2, -0.15) is 15.0 Å². The van der Waals surface area contributed by atoms with Crippen molar-refractivity contribution in [2.24, 2.45) is 0 Å². The molecule has 4 rings (SSSR count). The zero-order valence-electron chi connectivity index (χ0n) is 16.6. The number of ether oxygens (including phenoxy) is 1. The zero-order valence-corrected chi connectivity index (χ0v) is 16.6. The average molecular weight is 392 g/mol. The van der Waals surface area contributed by atoms with E-state index in [9.17, 15) is 4.79 Å². The van der Waals surface area contributed by atoms with E-state index in [1.54, 1.807) is 24.7 Å². The first-order valence-electron chi connectivity index (χ1n) is 9.68. The molecule has 2 N–H and O–H groups in total. The Morgan fingerprint density at radius 1 is 1.17 bits per heavy atom. The van der Waals surface area contributed by atoms with Crippen molar-refractivity contribution < 1.29 is 9.53 Å². The van der Waals surface area contributed by atoms with E-state index in [4.69, 9.17) is 10.5 Å². The number of piperidine rings is 1. The van der Waals surface area contributed by atoms with Crippen LogP contribution in [0.1, 0.15) is 34.3 Å². The first-order valence-corrected chi connectivity index (χ1v) is 9.68. The number of hydrogen-bond acceptors (Lipinski definition) is 6. The van der Waals surface area contributed by atoms with Crippen molar-refractivity contribution in [2.75, 3.05) is 18.8 Å². The van der Waals surface area contributed by atoms with Crippen LogP contribution in [-0.2, 0) is 0 Å². The number of para-hydroxylation sites is 1. The smallest absolute Gasteiger partial charge is 0.256 e. The van der Waals surface area contributed by atoms with Crippen LogP contribution in [0.2, 0.25) is 0 Å². The molecule has 0 bridgehead atoms. The monoisotopic (exact) mass is 392 g/mol. The molecule has 1 saturated heterocycles. The second-order valence-electron chi connectivity index (χ2n) is 7.25. The first kappa shape index (κ1) is 18.9. The van der Waals surface area contributed by atoms with E-state index in [0.29, 0.717) is 35.9 Å². The minimum absolute atomic E-state index is 0.0495. The summed E-state index contributed by atoms with van der Waals surface area (Å²) < 4.78 is 6.09. The Morgan fingerprint density at radius 3 is 2.76 bits per heavy atom. The molecule has 2 aromatic heterocycles. The number of nitrogen functional groups attached to an aromatic ring is 1. The lowest BCUT2D eigenvalue weighted by Crippen LogP contribution is -2.44. The van der Waals surface area contributed by atoms with Gasteiger partial charge in [-0.15, -0.1) is 0 Å². The summed E-state index contributed by atoms with van der Waals surface area (Å²) in [5.74, 6) is 0.479. The zero-order chi connectivity index (χ0) is 20.4. The summed E-state index contributed by atoms with van der Waals surface area (Å²) in [6.45, 7) is 5.02. The van der Waals surface area contributed by atoms with Gasteiger partial charge in [-0.25, -0.2) is 4.98 Å². The summed E-state index contributed by atoms with van der Waals surface area (Å²) in [4.78, 5) is 21.0. The molecule has 1 aromatic carbocycles. The maximum atomic E-state index is 13.4. The molecule has 0 spiro atoms. The Bertz CT molecular complexity index is 1020. The lowest BCUT2D eigenvalue weighted by molar-refractivity contribution is 0.0526. The number of carbonyl (C=O) groups excluding carboxylic acids is 1. The number of likely N-dealkylation sites (tertiary alicyclic amines) is 1. The van der Waals surface area contributed by atoms with Crippen LogP contribution in [0.15, 0.2) is 42.9 Å². The number of nitrogens with two attached hydrogens (primary N) is 1. The molecule has 1 fully saturated rings. The van der Waals surface area contributed by atoms with Gasteiger partial charge in [0, 0.05) is 24.0 Å². The third-order valence-electron chi connectivity index (χ3n) is 5.23. The number of hydrogen-bond donors (Lipinski definition) is 1. The van der Waals surface area contributed by atoms with Crippen LogP contribution in [0.5, 0.6) is 5.88 Å². The molecule has 150 valence electrons. The molecule has 0 radical (unpaired) electrons. The molecule has 1 atom stereocenters. The molecule has 1 unspecified atom stereocenters. The number of pyridine rings is 1. The predicted octanol–water partition coefficient (Wildman–Crippen LogP) is 2.54. The van der Waals surface area contributed by atoms with Crippen LogP contribution >= 0.6 is 0 Å². The summed E-state index contributed by atoms with van der Waals surface area (Å²) in [5, 5.41) is 8.43. The molecular formula is C21H24N6O2. The van der Waals surface area contributed by atoms with Crippen LogP contribution in [0.3, 0.4) is 0 Å². The Kier molecular flexibility index (Phi) is 5.16. The fourth-order valence-corrected chi connectivity index (χ4v) is 3.62. The summed E-state index contributed by atoms with van der Waals surface area (Å²) in [7, 11) is 0. The summed E-state index contributed by atoms with van der Waals surface area (Å²) >= 11 is 0. The van der Waals surface area contributed by atoms with Gasteiger partial charge < -0.3 is 15.4 Å². The predicted molar refractivity (Wildman–Crippen MR) is 109 cm³/mol. The van der Waals surface area contributed by atoms with Gasteiger partial charge in [-0.1, -0.05) is 12.1 Å². The highest BCUT2D eigenvalue weighted by molar-refractivity contribution is 5.98. The fourth-order valence-electron chi connectivity index (χ4n) is 3.62. The molecule has 0 saturated carbocycles. The van der Waals surface area contributed by atoms with Gasteiger partial charge in [-0.05, 0) is 44.4 Å². The molecule has 8 heteroatoms. The number of amides is 1. The number of rotatable bonds is 4. The molecule has 0 aliphatic carbocycles. The van der Waals surface area contributed by atoms with E-state index in [0.717, 1.165) is 24.0 Å². The fraction of sp³-hybridized carbons (Fsp3) is 0.333. The van der Waals surface area contributed by atoms with Crippen molar-refractivity contribution in [3.05, 3.63) is 59.5 Å². The van der Waals surface area contributed by atoms with Crippen molar-refractivity contribution in [2.45, 2.75) is 32.8 Å².